The largest absolute Gasteiger partial charge is 0.375 e. The van der Waals surface area contributed by atoms with Gasteiger partial charge in [-0.15, -0.1) is 0 Å². The van der Waals surface area contributed by atoms with Crippen LogP contribution >= 0.6 is 22.9 Å². The zero-order valence-corrected chi connectivity index (χ0v) is 20.7. The van der Waals surface area contributed by atoms with Crippen LogP contribution in [-0.2, 0) is 4.79 Å². The summed E-state index contributed by atoms with van der Waals surface area (Å²) >= 11 is 7.61. The molecule has 36 heavy (non-hydrogen) atoms. The predicted molar refractivity (Wildman–Crippen MR) is 138 cm³/mol. The van der Waals surface area contributed by atoms with Crippen LogP contribution in [-0.4, -0.2) is 47.0 Å². The third-order valence-electron chi connectivity index (χ3n) is 6.30. The molecular weight excluding hydrogens is 506 g/mol. The molecule has 4 aromatic rings. The van der Waals surface area contributed by atoms with E-state index in [2.05, 4.69) is 22.6 Å². The zero-order valence-electron chi connectivity index (χ0n) is 19.1. The fourth-order valence-electron chi connectivity index (χ4n) is 4.61. The second-order valence-electron chi connectivity index (χ2n) is 8.32. The van der Waals surface area contributed by atoms with Crippen molar-refractivity contribution < 1.29 is 13.6 Å². The molecule has 0 saturated carbocycles. The number of hydrogen-bond donors (Lipinski definition) is 1. The van der Waals surface area contributed by atoms with Crippen LogP contribution in [0.4, 0.5) is 19.6 Å². The predicted octanol–water partition coefficient (Wildman–Crippen LogP) is 5.04. The normalized spacial score (nSPS) is 13.9. The van der Waals surface area contributed by atoms with Gasteiger partial charge in [0, 0.05) is 42.7 Å². The lowest BCUT2D eigenvalue weighted by Gasteiger charge is -2.36. The first-order chi connectivity index (χ1) is 17.2. The number of aromatic nitrogens is 2. The van der Waals surface area contributed by atoms with Crippen molar-refractivity contribution in [3.63, 3.8) is 0 Å². The Balaban J connectivity index is 1.72. The van der Waals surface area contributed by atoms with Crippen LogP contribution in [0.1, 0.15) is 11.3 Å². The molecule has 7 nitrogen and oxygen atoms in total. The highest BCUT2D eigenvalue weighted by molar-refractivity contribution is 7.22. The minimum Gasteiger partial charge on any atom is -0.375 e. The van der Waals surface area contributed by atoms with Gasteiger partial charge in [-0.3, -0.25) is 4.79 Å². The first kappa shape index (κ1) is 23.9. The number of halogens is 3. The number of aryl methyl sites for hydroxylation is 1. The molecule has 2 N–H and O–H groups in total. The average Bonchev–Trinajstić information content (AvgIpc) is 3.27. The molecule has 0 bridgehead atoms. The van der Waals surface area contributed by atoms with E-state index >= 15 is 4.39 Å². The van der Waals surface area contributed by atoms with Crippen molar-refractivity contribution >= 4 is 60.8 Å². The lowest BCUT2D eigenvalue weighted by atomic mass is 9.98. The maximum Gasteiger partial charge on any atom is 0.246 e. The number of nitriles is 1. The van der Waals surface area contributed by atoms with Gasteiger partial charge >= 0.3 is 0 Å². The number of nitrogens with zero attached hydrogens (tertiary/aromatic N) is 5. The van der Waals surface area contributed by atoms with Crippen molar-refractivity contribution in [2.75, 3.05) is 36.8 Å². The third kappa shape index (κ3) is 3.72. The van der Waals surface area contributed by atoms with Gasteiger partial charge in [0.15, 0.2) is 10.9 Å². The highest BCUT2D eigenvalue weighted by Crippen LogP contribution is 2.43. The molecule has 182 valence electrons. The lowest BCUT2D eigenvalue weighted by Crippen LogP contribution is -2.48. The first-order valence-corrected chi connectivity index (χ1v) is 12.2. The summed E-state index contributed by atoms with van der Waals surface area (Å²) in [5, 5.41) is 10.5. The summed E-state index contributed by atoms with van der Waals surface area (Å²) in [5.41, 5.74) is 7.56. The Labute approximate surface area is 214 Å². The van der Waals surface area contributed by atoms with Crippen molar-refractivity contribution in [2.24, 2.45) is 0 Å². The molecule has 1 aliphatic rings. The Morgan fingerprint density at radius 1 is 1.25 bits per heavy atom. The number of amides is 1. The van der Waals surface area contributed by atoms with Crippen LogP contribution in [0.5, 0.6) is 0 Å². The number of nitrogens with two attached hydrogens (primary N) is 1. The number of piperazine rings is 1. The molecular formula is C25H19ClF2N6OS. The Morgan fingerprint density at radius 3 is 2.64 bits per heavy atom. The van der Waals surface area contributed by atoms with Gasteiger partial charge in [0.2, 0.25) is 5.91 Å². The van der Waals surface area contributed by atoms with Crippen LogP contribution in [0.25, 0.3) is 32.2 Å². The number of fused-ring (bicyclic) bond motifs is 2. The van der Waals surface area contributed by atoms with Crippen molar-refractivity contribution in [3.05, 3.63) is 58.8 Å². The standard InChI is InChI=1S/C25H19ClF2N6OS/c1-3-18(35)33-6-8-34(9-7-33)23-14-10-16(26)19(20(28)21(14)31-12(2)15(23)11-29)13-4-5-17(27)24-22(13)32-25(30)36-24/h3-5,10H,1,6-9H2,2H3,(H2,30,32). The maximum atomic E-state index is 16.2. The SMILES string of the molecule is C=CC(=O)N1CCN(c2c(C#N)c(C)nc3c(F)c(-c4ccc(F)c5sc(N)nc45)c(Cl)cc23)CC1. The van der Waals surface area contributed by atoms with Crippen LogP contribution in [0, 0.1) is 29.9 Å². The molecule has 0 atom stereocenters. The minimum atomic E-state index is -0.703. The summed E-state index contributed by atoms with van der Waals surface area (Å²) in [6.45, 7) is 6.88. The smallest absolute Gasteiger partial charge is 0.246 e. The molecule has 2 aromatic heterocycles. The van der Waals surface area contributed by atoms with Crippen LogP contribution in [0.3, 0.4) is 0 Å². The second kappa shape index (κ2) is 9.00. The summed E-state index contributed by atoms with van der Waals surface area (Å²) in [6, 6.07) is 6.40. The monoisotopic (exact) mass is 524 g/mol. The van der Waals surface area contributed by atoms with E-state index in [-0.39, 0.29) is 37.4 Å². The number of anilines is 2. The van der Waals surface area contributed by atoms with Gasteiger partial charge in [-0.2, -0.15) is 5.26 Å². The number of carbonyl (C=O) groups is 1. The number of benzene rings is 2. The molecule has 3 heterocycles. The molecule has 1 saturated heterocycles. The summed E-state index contributed by atoms with van der Waals surface area (Å²) < 4.78 is 30.7. The van der Waals surface area contributed by atoms with Gasteiger partial charge in [-0.05, 0) is 31.2 Å². The Kier molecular flexibility index (Phi) is 5.98. The van der Waals surface area contributed by atoms with E-state index in [1.54, 1.807) is 17.9 Å². The highest BCUT2D eigenvalue weighted by atomic mass is 35.5. The van der Waals surface area contributed by atoms with E-state index in [4.69, 9.17) is 17.3 Å². The van der Waals surface area contributed by atoms with Crippen LogP contribution in [0.15, 0.2) is 30.9 Å². The van der Waals surface area contributed by atoms with Crippen molar-refractivity contribution in [1.29, 1.82) is 5.26 Å². The van der Waals surface area contributed by atoms with Gasteiger partial charge in [-0.1, -0.05) is 29.5 Å². The molecule has 2 aromatic carbocycles. The van der Waals surface area contributed by atoms with Gasteiger partial charge in [0.05, 0.1) is 32.2 Å². The van der Waals surface area contributed by atoms with E-state index in [0.29, 0.717) is 54.1 Å². The summed E-state index contributed by atoms with van der Waals surface area (Å²) in [5.74, 6) is -1.38. The molecule has 0 aliphatic carbocycles. The van der Waals surface area contributed by atoms with Crippen molar-refractivity contribution in [2.45, 2.75) is 6.92 Å². The topological polar surface area (TPSA) is 99.1 Å². The third-order valence-corrected chi connectivity index (χ3v) is 7.49. The van der Waals surface area contributed by atoms with E-state index in [0.717, 1.165) is 11.3 Å². The fraction of sp³-hybridized carbons (Fsp3) is 0.200. The number of nitrogen functional groups attached to an aromatic ring is 1. The van der Waals surface area contributed by atoms with E-state index < -0.39 is 11.6 Å². The zero-order chi connectivity index (χ0) is 25.7. The van der Waals surface area contributed by atoms with Gasteiger partial charge in [0.1, 0.15) is 17.4 Å². The fourth-order valence-corrected chi connectivity index (χ4v) is 5.67. The van der Waals surface area contributed by atoms with Gasteiger partial charge in [-0.25, -0.2) is 18.7 Å². The highest BCUT2D eigenvalue weighted by Gasteiger charge is 2.28. The van der Waals surface area contributed by atoms with E-state index in [9.17, 15) is 14.4 Å². The van der Waals surface area contributed by atoms with Crippen LogP contribution in [0.2, 0.25) is 5.02 Å². The molecule has 1 aliphatic heterocycles. The summed E-state index contributed by atoms with van der Waals surface area (Å²) in [7, 11) is 0. The number of carbonyl (C=O) groups excluding carboxylic acids is 1. The molecule has 5 rings (SSSR count). The number of thiazole rings is 1. The van der Waals surface area contributed by atoms with E-state index in [1.807, 2.05) is 4.90 Å². The minimum absolute atomic E-state index is 0.0309. The molecule has 0 spiro atoms. The maximum absolute atomic E-state index is 16.2. The van der Waals surface area contributed by atoms with Crippen molar-refractivity contribution in [1.82, 2.24) is 14.9 Å². The van der Waals surface area contributed by atoms with Gasteiger partial charge < -0.3 is 15.5 Å². The van der Waals surface area contributed by atoms with Crippen LogP contribution < -0.4 is 10.6 Å². The number of rotatable bonds is 3. The Bertz CT molecular complexity index is 1620. The Morgan fingerprint density at radius 2 is 1.97 bits per heavy atom. The molecule has 0 unspecified atom stereocenters. The van der Waals surface area contributed by atoms with Gasteiger partial charge in [0.25, 0.3) is 0 Å². The number of hydrogen-bond acceptors (Lipinski definition) is 7. The molecule has 11 heteroatoms. The average molecular weight is 525 g/mol. The second-order valence-corrected chi connectivity index (χ2v) is 9.76. The summed E-state index contributed by atoms with van der Waals surface area (Å²) in [6.07, 6.45) is 1.27. The van der Waals surface area contributed by atoms with E-state index in [1.165, 1.54) is 18.2 Å². The van der Waals surface area contributed by atoms with Crippen molar-refractivity contribution in [3.8, 4) is 17.2 Å². The summed E-state index contributed by atoms with van der Waals surface area (Å²) in [4.78, 5) is 24.2. The first-order valence-electron chi connectivity index (χ1n) is 11.0. The quantitative estimate of drug-likeness (QED) is 0.377. The molecule has 1 amide bonds. The molecule has 0 radical (unpaired) electrons. The number of pyridine rings is 1. The lowest BCUT2D eigenvalue weighted by molar-refractivity contribution is -0.126. The molecule has 1 fully saturated rings. The Hall–Kier alpha value is -3.81.